The van der Waals surface area contributed by atoms with E-state index in [4.69, 9.17) is 14.2 Å². The molecule has 0 aliphatic carbocycles. The third-order valence-corrected chi connectivity index (χ3v) is 4.34. The fraction of sp³-hybridized carbons (Fsp3) is 0.286. The second-order valence-electron chi connectivity index (χ2n) is 6.30. The highest BCUT2D eigenvalue weighted by Gasteiger charge is 2.37. The Morgan fingerprint density at radius 3 is 2.39 bits per heavy atom. The van der Waals surface area contributed by atoms with E-state index < -0.39 is 24.0 Å². The minimum atomic E-state index is -0.699. The van der Waals surface area contributed by atoms with Gasteiger partial charge in [-0.25, -0.2) is 9.79 Å². The summed E-state index contributed by atoms with van der Waals surface area (Å²) in [6.45, 7) is 2.10. The summed E-state index contributed by atoms with van der Waals surface area (Å²) in [6.07, 6.45) is 0. The third-order valence-electron chi connectivity index (χ3n) is 4.34. The van der Waals surface area contributed by atoms with Crippen molar-refractivity contribution in [2.75, 3.05) is 20.3 Å². The van der Waals surface area contributed by atoms with E-state index in [1.54, 1.807) is 19.1 Å². The summed E-state index contributed by atoms with van der Waals surface area (Å²) in [4.78, 5) is 28.3. The Morgan fingerprint density at radius 1 is 1.04 bits per heavy atom. The summed E-state index contributed by atoms with van der Waals surface area (Å²) in [5.41, 5.74) is 1.18. The number of carbonyl (C=O) groups excluding carboxylic acids is 2. The lowest BCUT2D eigenvalue weighted by atomic mass is 9.88. The Labute approximate surface area is 163 Å². The van der Waals surface area contributed by atoms with Gasteiger partial charge < -0.3 is 19.5 Å². The molecular weight excluding hydrogens is 360 g/mol. The standard InChI is InChI=1S/C21H22N2O5/c1-14-18(20(24)27-13-12-26-2)19(23-21(25)22-14)15-8-10-17(11-9-15)28-16-6-4-3-5-7-16/h3-11,18-19H,12-13H2,1-2H3,(H,23,25). The molecule has 0 aromatic heterocycles. The van der Waals surface area contributed by atoms with E-state index in [-0.39, 0.29) is 6.61 Å². The van der Waals surface area contributed by atoms with Crippen LogP contribution in [-0.4, -0.2) is 38.0 Å². The topological polar surface area (TPSA) is 86.2 Å². The van der Waals surface area contributed by atoms with Gasteiger partial charge in [0.1, 0.15) is 24.0 Å². The highest BCUT2D eigenvalue weighted by atomic mass is 16.6. The van der Waals surface area contributed by atoms with E-state index in [0.29, 0.717) is 18.1 Å². The Kier molecular flexibility index (Phi) is 6.39. The van der Waals surface area contributed by atoms with Crippen LogP contribution in [0.4, 0.5) is 4.79 Å². The minimum Gasteiger partial charge on any atom is -0.463 e. The maximum atomic E-state index is 12.5. The number of nitrogens with one attached hydrogen (secondary N) is 1. The minimum absolute atomic E-state index is 0.142. The van der Waals surface area contributed by atoms with E-state index >= 15 is 0 Å². The molecule has 2 unspecified atom stereocenters. The first-order chi connectivity index (χ1) is 13.6. The quantitative estimate of drug-likeness (QED) is 0.585. The number of urea groups is 1. The molecule has 2 aromatic rings. The van der Waals surface area contributed by atoms with Crippen molar-refractivity contribution in [2.45, 2.75) is 13.0 Å². The molecule has 7 heteroatoms. The average molecular weight is 382 g/mol. The van der Waals surface area contributed by atoms with Crippen molar-refractivity contribution in [3.05, 3.63) is 60.2 Å². The number of benzene rings is 2. The predicted octanol–water partition coefficient (Wildman–Crippen LogP) is 3.51. The highest BCUT2D eigenvalue weighted by Crippen LogP contribution is 2.30. The first-order valence-electron chi connectivity index (χ1n) is 8.92. The zero-order valence-corrected chi connectivity index (χ0v) is 15.8. The molecule has 2 atom stereocenters. The molecule has 1 N–H and O–H groups in total. The molecule has 0 fully saturated rings. The molecule has 2 aromatic carbocycles. The van der Waals surface area contributed by atoms with E-state index in [1.807, 2.05) is 42.5 Å². The fourth-order valence-electron chi connectivity index (χ4n) is 2.99. The number of esters is 1. The molecule has 2 amide bonds. The molecular formula is C21H22N2O5. The second-order valence-corrected chi connectivity index (χ2v) is 6.30. The van der Waals surface area contributed by atoms with Crippen molar-refractivity contribution in [1.29, 1.82) is 0 Å². The number of ether oxygens (including phenoxy) is 3. The molecule has 0 saturated heterocycles. The third kappa shape index (κ3) is 4.75. The van der Waals surface area contributed by atoms with Gasteiger partial charge in [0, 0.05) is 12.8 Å². The SMILES string of the molecule is COCCOC(=O)C1C(C)=NC(=O)NC1c1ccc(Oc2ccccc2)cc1. The van der Waals surface area contributed by atoms with Crippen LogP contribution >= 0.6 is 0 Å². The Morgan fingerprint density at radius 2 is 1.71 bits per heavy atom. The molecule has 1 aliphatic heterocycles. The van der Waals surface area contributed by atoms with E-state index in [2.05, 4.69) is 10.3 Å². The summed E-state index contributed by atoms with van der Waals surface area (Å²) in [5, 5.41) is 2.75. The Hall–Kier alpha value is -3.19. The van der Waals surface area contributed by atoms with Crippen LogP contribution in [0.1, 0.15) is 18.5 Å². The molecule has 0 radical (unpaired) electrons. The van der Waals surface area contributed by atoms with Crippen LogP contribution in [0.2, 0.25) is 0 Å². The van der Waals surface area contributed by atoms with Crippen LogP contribution in [0.5, 0.6) is 11.5 Å². The summed E-state index contributed by atoms with van der Waals surface area (Å²) < 4.78 is 16.0. The van der Waals surface area contributed by atoms with Gasteiger partial charge in [0.15, 0.2) is 0 Å². The zero-order valence-electron chi connectivity index (χ0n) is 15.8. The van der Waals surface area contributed by atoms with Crippen LogP contribution in [0, 0.1) is 5.92 Å². The Bertz CT molecular complexity index is 849. The van der Waals surface area contributed by atoms with Gasteiger partial charge in [-0.15, -0.1) is 0 Å². The largest absolute Gasteiger partial charge is 0.463 e. The lowest BCUT2D eigenvalue weighted by molar-refractivity contribution is -0.148. The molecule has 0 saturated carbocycles. The monoisotopic (exact) mass is 382 g/mol. The number of carbonyl (C=O) groups is 2. The Balaban J connectivity index is 1.77. The number of para-hydroxylation sites is 1. The van der Waals surface area contributed by atoms with Crippen molar-refractivity contribution in [2.24, 2.45) is 10.9 Å². The number of hydrogen-bond donors (Lipinski definition) is 1. The van der Waals surface area contributed by atoms with Crippen LogP contribution in [-0.2, 0) is 14.3 Å². The summed E-state index contributed by atoms with van der Waals surface area (Å²) >= 11 is 0. The van der Waals surface area contributed by atoms with Crippen LogP contribution in [0.25, 0.3) is 0 Å². The second kappa shape index (κ2) is 9.14. The predicted molar refractivity (Wildman–Crippen MR) is 104 cm³/mol. The van der Waals surface area contributed by atoms with Crippen LogP contribution in [0.3, 0.4) is 0 Å². The van der Waals surface area contributed by atoms with E-state index in [0.717, 1.165) is 11.3 Å². The smallest absolute Gasteiger partial charge is 0.341 e. The number of aliphatic imine (C=N–C) groups is 1. The summed E-state index contributed by atoms with van der Waals surface area (Å²) in [5.74, 6) is 0.230. The van der Waals surface area contributed by atoms with Gasteiger partial charge in [0.2, 0.25) is 0 Å². The van der Waals surface area contributed by atoms with Crippen molar-refractivity contribution in [3.63, 3.8) is 0 Å². The van der Waals surface area contributed by atoms with Crippen LogP contribution < -0.4 is 10.1 Å². The lowest BCUT2D eigenvalue weighted by Gasteiger charge is -2.29. The first-order valence-corrected chi connectivity index (χ1v) is 8.92. The first kappa shape index (κ1) is 19.6. The number of amides is 2. The number of methoxy groups -OCH3 is 1. The normalized spacial score (nSPS) is 18.8. The van der Waals surface area contributed by atoms with Crippen molar-refractivity contribution >= 4 is 17.7 Å². The average Bonchev–Trinajstić information content (AvgIpc) is 2.69. The zero-order chi connectivity index (χ0) is 19.9. The molecule has 1 aliphatic rings. The van der Waals surface area contributed by atoms with Gasteiger partial charge in [0.25, 0.3) is 0 Å². The fourth-order valence-corrected chi connectivity index (χ4v) is 2.99. The van der Waals surface area contributed by atoms with E-state index in [9.17, 15) is 9.59 Å². The van der Waals surface area contributed by atoms with E-state index in [1.165, 1.54) is 7.11 Å². The number of rotatable bonds is 7. The van der Waals surface area contributed by atoms with Gasteiger partial charge in [-0.05, 0) is 36.8 Å². The van der Waals surface area contributed by atoms with Gasteiger partial charge in [-0.1, -0.05) is 30.3 Å². The molecule has 1 heterocycles. The van der Waals surface area contributed by atoms with Crippen molar-refractivity contribution in [1.82, 2.24) is 5.32 Å². The van der Waals surface area contributed by atoms with Crippen molar-refractivity contribution in [3.8, 4) is 11.5 Å². The number of nitrogens with zero attached hydrogens (tertiary/aromatic N) is 1. The highest BCUT2D eigenvalue weighted by molar-refractivity contribution is 6.08. The van der Waals surface area contributed by atoms with Gasteiger partial charge in [-0.2, -0.15) is 0 Å². The van der Waals surface area contributed by atoms with Gasteiger partial charge in [0.05, 0.1) is 12.6 Å². The van der Waals surface area contributed by atoms with Crippen molar-refractivity contribution < 1.29 is 23.8 Å². The molecule has 0 spiro atoms. The molecule has 146 valence electrons. The maximum Gasteiger partial charge on any atom is 0.341 e. The molecule has 3 rings (SSSR count). The van der Waals surface area contributed by atoms with Gasteiger partial charge in [-0.3, -0.25) is 4.79 Å². The molecule has 7 nitrogen and oxygen atoms in total. The van der Waals surface area contributed by atoms with Gasteiger partial charge >= 0.3 is 12.0 Å². The lowest BCUT2D eigenvalue weighted by Crippen LogP contribution is -2.44. The van der Waals surface area contributed by atoms with Crippen LogP contribution in [0.15, 0.2) is 59.6 Å². The summed E-state index contributed by atoms with van der Waals surface area (Å²) in [7, 11) is 1.53. The molecule has 0 bridgehead atoms. The summed E-state index contributed by atoms with van der Waals surface area (Å²) in [6, 6.07) is 15.6. The maximum absolute atomic E-state index is 12.5. The molecule has 28 heavy (non-hydrogen) atoms. The number of hydrogen-bond acceptors (Lipinski definition) is 5.